The third-order valence-electron chi connectivity index (χ3n) is 8.92. The monoisotopic (exact) mass is 726 g/mol. The Morgan fingerprint density at radius 1 is 0.500 bits per heavy atom. The fraction of sp³-hybridized carbons (Fsp3) is 0.0217. The number of para-hydroxylation sites is 4. The first kappa shape index (κ1) is 35.2. The summed E-state index contributed by atoms with van der Waals surface area (Å²) in [6.45, 7) is 0. The summed E-state index contributed by atoms with van der Waals surface area (Å²) in [5.74, 6) is 0.404. The predicted molar refractivity (Wildman–Crippen MR) is 225 cm³/mol. The number of hydrogen-bond acceptors (Lipinski definition) is 9. The van der Waals surface area contributed by atoms with Crippen LogP contribution in [0.15, 0.2) is 200 Å². The fourth-order valence-electron chi connectivity index (χ4n) is 6.27. The third kappa shape index (κ3) is 8.35. The minimum Gasteiger partial charge on any atom is -0.355 e. The lowest BCUT2D eigenvalue weighted by Gasteiger charge is -2.08. The van der Waals surface area contributed by atoms with E-state index in [4.69, 9.17) is 0 Å². The van der Waals surface area contributed by atoms with Crippen LogP contribution in [0.2, 0.25) is 0 Å². The third-order valence-corrected chi connectivity index (χ3v) is 8.92. The van der Waals surface area contributed by atoms with Crippen LogP contribution in [0.25, 0.3) is 54.8 Å². The van der Waals surface area contributed by atoms with E-state index in [0.29, 0.717) is 11.6 Å². The average Bonchev–Trinajstić information content (AvgIpc) is 3.86. The molecule has 0 radical (unpaired) electrons. The van der Waals surface area contributed by atoms with Crippen molar-refractivity contribution in [2.45, 2.75) is 5.92 Å². The molecule has 10 aromatic rings. The topological polar surface area (TPSA) is 131 Å². The Bertz CT molecular complexity index is 2560. The molecule has 6 heterocycles. The van der Waals surface area contributed by atoms with Crippen LogP contribution in [-0.2, 0) is 0 Å². The maximum absolute atomic E-state index is 4.55. The van der Waals surface area contributed by atoms with Gasteiger partial charge in [0.15, 0.2) is 5.65 Å². The molecule has 0 fully saturated rings. The zero-order valence-corrected chi connectivity index (χ0v) is 30.1. The van der Waals surface area contributed by atoms with Crippen LogP contribution >= 0.6 is 0 Å². The molecule has 0 spiro atoms. The Hall–Kier alpha value is -7.85. The zero-order chi connectivity index (χ0) is 37.8. The smallest absolute Gasteiger partial charge is 0.181 e. The second-order valence-corrected chi connectivity index (χ2v) is 12.5. The number of nitrogens with one attached hydrogen (secondary N) is 1. The number of benzene rings is 5. The van der Waals surface area contributed by atoms with E-state index in [-0.39, 0.29) is 0 Å². The predicted octanol–water partition coefficient (Wildman–Crippen LogP) is 9.98. The standard InChI is InChI=1S/2C12H9N.2C8H6N2.C6H4N4/c2*1-3-7-11-9(5-1)10-6-2-4-8-12(10)13-11;1-2-4-8-7(3-1)5-9-6-10-8;1-2-4-8-7(3-1)5-6-9-10-8;1-2-9-6-5(8-1)3-7-4-10-6/h1-8,13H;1-9H;2*1-6H;1-4H. The number of aromatic amines is 1. The maximum Gasteiger partial charge on any atom is 0.181 e. The van der Waals surface area contributed by atoms with Crippen molar-refractivity contribution in [3.8, 4) is 0 Å². The highest BCUT2D eigenvalue weighted by Gasteiger charge is 2.23. The van der Waals surface area contributed by atoms with Crippen molar-refractivity contribution in [2.75, 3.05) is 0 Å². The van der Waals surface area contributed by atoms with Crippen LogP contribution in [0.3, 0.4) is 0 Å². The number of aromatic nitrogens is 9. The van der Waals surface area contributed by atoms with Crippen molar-refractivity contribution in [3.05, 3.63) is 201 Å². The summed E-state index contributed by atoms with van der Waals surface area (Å²) in [5, 5.41) is 12.5. The van der Waals surface area contributed by atoms with E-state index in [0.717, 1.165) is 33.0 Å². The lowest BCUT2D eigenvalue weighted by atomic mass is 9.93. The van der Waals surface area contributed by atoms with Gasteiger partial charge in [0.2, 0.25) is 0 Å². The Labute approximate surface area is 322 Å². The van der Waals surface area contributed by atoms with E-state index in [1.165, 1.54) is 39.4 Å². The zero-order valence-electron chi connectivity index (χ0n) is 30.1. The highest BCUT2D eigenvalue weighted by molar-refractivity contribution is 6.08. The molecule has 0 saturated heterocycles. The highest BCUT2D eigenvalue weighted by atomic mass is 15.1. The largest absolute Gasteiger partial charge is 0.355 e. The van der Waals surface area contributed by atoms with Crippen molar-refractivity contribution in [3.63, 3.8) is 0 Å². The summed E-state index contributed by atoms with van der Waals surface area (Å²) in [6, 6.07) is 42.9. The minimum absolute atomic E-state index is 0.404. The Morgan fingerprint density at radius 2 is 1.18 bits per heavy atom. The molecule has 1 aliphatic carbocycles. The first-order valence-corrected chi connectivity index (χ1v) is 18.0. The highest BCUT2D eigenvalue weighted by Crippen LogP contribution is 2.37. The summed E-state index contributed by atoms with van der Waals surface area (Å²) < 4.78 is 0. The Morgan fingerprint density at radius 3 is 1.98 bits per heavy atom. The molecule has 5 aromatic carbocycles. The molecular formula is C46H34N10. The van der Waals surface area contributed by atoms with E-state index < -0.39 is 0 Å². The molecule has 0 bridgehead atoms. The first-order valence-electron chi connectivity index (χ1n) is 18.0. The van der Waals surface area contributed by atoms with Gasteiger partial charge in [-0.2, -0.15) is 10.2 Å². The molecule has 12 rings (SSSR count). The van der Waals surface area contributed by atoms with Gasteiger partial charge in [-0.3, -0.25) is 4.99 Å². The SMILES string of the molecule is C1=CC2=Nc3ccccc3C2C=C1.c1ccc2c(c1)[nH]c1ccccc12.c1ccc2ncncc2c1.c1ccc2nnccc2c1.c1cnc2ncncc2n1. The van der Waals surface area contributed by atoms with Crippen molar-refractivity contribution >= 4 is 66.2 Å². The maximum atomic E-state index is 4.55. The van der Waals surface area contributed by atoms with E-state index in [1.807, 2.05) is 72.9 Å². The molecule has 1 atom stereocenters. The minimum atomic E-state index is 0.404. The summed E-state index contributed by atoms with van der Waals surface area (Å²) in [6.07, 6.45) is 19.8. The molecule has 5 aromatic heterocycles. The van der Waals surface area contributed by atoms with Crippen LogP contribution in [0.1, 0.15) is 11.5 Å². The van der Waals surface area contributed by atoms with E-state index in [9.17, 15) is 0 Å². The van der Waals surface area contributed by atoms with E-state index in [2.05, 4.69) is 135 Å². The van der Waals surface area contributed by atoms with Crippen molar-refractivity contribution in [1.82, 2.24) is 45.1 Å². The molecule has 10 heteroatoms. The number of rotatable bonds is 0. The fourth-order valence-corrected chi connectivity index (χ4v) is 6.27. The molecule has 0 amide bonds. The number of allylic oxidation sites excluding steroid dienone is 4. The summed E-state index contributed by atoms with van der Waals surface area (Å²) in [4.78, 5) is 31.6. The Balaban J connectivity index is 0.0000000991. The number of aliphatic imine (C=N–C) groups is 1. The van der Waals surface area contributed by atoms with Gasteiger partial charge in [0.05, 0.1) is 34.8 Å². The summed E-state index contributed by atoms with van der Waals surface area (Å²) >= 11 is 0. The quantitative estimate of drug-likeness (QED) is 0.163. The van der Waals surface area contributed by atoms with E-state index in [1.54, 1.807) is 31.1 Å². The second-order valence-electron chi connectivity index (χ2n) is 12.5. The van der Waals surface area contributed by atoms with Crippen LogP contribution in [0, 0.1) is 0 Å². The van der Waals surface area contributed by atoms with Crippen LogP contribution < -0.4 is 0 Å². The summed E-state index contributed by atoms with van der Waals surface area (Å²) in [5.41, 5.74) is 9.36. The molecule has 0 saturated carbocycles. The van der Waals surface area contributed by atoms with Crippen molar-refractivity contribution in [1.29, 1.82) is 0 Å². The Kier molecular flexibility index (Phi) is 10.9. The van der Waals surface area contributed by atoms with Gasteiger partial charge in [-0.05, 0) is 48.0 Å². The first-order chi connectivity index (χ1) is 27.8. The average molecular weight is 727 g/mol. The van der Waals surface area contributed by atoms with Gasteiger partial charge < -0.3 is 4.98 Å². The van der Waals surface area contributed by atoms with Gasteiger partial charge in [0.1, 0.15) is 18.2 Å². The molecule has 1 unspecified atom stereocenters. The van der Waals surface area contributed by atoms with E-state index >= 15 is 0 Å². The van der Waals surface area contributed by atoms with Gasteiger partial charge >= 0.3 is 0 Å². The van der Waals surface area contributed by atoms with Gasteiger partial charge in [0, 0.05) is 57.1 Å². The lowest BCUT2D eigenvalue weighted by molar-refractivity contribution is 1.08. The number of nitrogens with zero attached hydrogens (tertiary/aromatic N) is 9. The van der Waals surface area contributed by atoms with Gasteiger partial charge in [-0.15, -0.1) is 0 Å². The normalized spacial score (nSPS) is 13.1. The molecule has 1 aliphatic heterocycles. The molecule has 10 nitrogen and oxygen atoms in total. The number of hydrogen-bond donors (Lipinski definition) is 1. The van der Waals surface area contributed by atoms with Crippen LogP contribution in [0.5, 0.6) is 0 Å². The molecule has 1 N–H and O–H groups in total. The van der Waals surface area contributed by atoms with Crippen LogP contribution in [-0.4, -0.2) is 50.8 Å². The van der Waals surface area contributed by atoms with Gasteiger partial charge in [0.25, 0.3) is 0 Å². The van der Waals surface area contributed by atoms with Gasteiger partial charge in [-0.25, -0.2) is 29.9 Å². The van der Waals surface area contributed by atoms with Crippen molar-refractivity contribution in [2.24, 2.45) is 4.99 Å². The lowest BCUT2D eigenvalue weighted by Crippen LogP contribution is -2.04. The molecule has 2 aliphatic rings. The number of fused-ring (bicyclic) bond motifs is 9. The van der Waals surface area contributed by atoms with Gasteiger partial charge in [-0.1, -0.05) is 109 Å². The summed E-state index contributed by atoms with van der Waals surface area (Å²) in [7, 11) is 0. The molecular weight excluding hydrogens is 693 g/mol. The second kappa shape index (κ2) is 17.3. The molecule has 56 heavy (non-hydrogen) atoms. The van der Waals surface area contributed by atoms with Crippen molar-refractivity contribution < 1.29 is 0 Å². The van der Waals surface area contributed by atoms with Crippen LogP contribution in [0.4, 0.5) is 5.69 Å². The number of H-pyrrole nitrogens is 1. The molecule has 268 valence electrons.